The number of aromatic nitrogens is 1. The highest BCUT2D eigenvalue weighted by atomic mass is 16.3. The maximum Gasteiger partial charge on any atom is 0.336 e. The van der Waals surface area contributed by atoms with E-state index in [1.165, 1.54) is 29.4 Å². The van der Waals surface area contributed by atoms with Crippen LogP contribution in [0.25, 0.3) is 10.9 Å². The first-order valence-corrected chi connectivity index (χ1v) is 12.2. The third-order valence-electron chi connectivity index (χ3n) is 7.35. The zero-order chi connectivity index (χ0) is 22.1. The van der Waals surface area contributed by atoms with Gasteiger partial charge in [-0.15, -0.1) is 0 Å². The van der Waals surface area contributed by atoms with Crippen LogP contribution < -0.4 is 5.43 Å². The first-order valence-electron chi connectivity index (χ1n) is 12.2. The van der Waals surface area contributed by atoms with E-state index in [-0.39, 0.29) is 6.03 Å². The Morgan fingerprint density at radius 3 is 2.71 bits per heavy atom. The maximum absolute atomic E-state index is 13.0. The zero-order valence-electron chi connectivity index (χ0n) is 19.5. The largest absolute Gasteiger partial charge is 0.387 e. The zero-order valence-corrected chi connectivity index (χ0v) is 19.5. The van der Waals surface area contributed by atoms with Crippen LogP contribution in [0.1, 0.15) is 82.2 Å². The molecule has 6 nitrogen and oxygen atoms in total. The highest BCUT2D eigenvalue weighted by Crippen LogP contribution is 2.46. The van der Waals surface area contributed by atoms with Crippen molar-refractivity contribution in [3.05, 3.63) is 35.0 Å². The number of nitrogens with one attached hydrogen (secondary N) is 1. The first kappa shape index (κ1) is 22.2. The van der Waals surface area contributed by atoms with Crippen molar-refractivity contribution >= 4 is 16.9 Å². The van der Waals surface area contributed by atoms with Gasteiger partial charge in [-0.25, -0.2) is 10.2 Å². The van der Waals surface area contributed by atoms with E-state index in [9.17, 15) is 9.90 Å². The molecule has 0 bridgehead atoms. The van der Waals surface area contributed by atoms with Gasteiger partial charge in [0, 0.05) is 30.4 Å². The van der Waals surface area contributed by atoms with Crippen LogP contribution in [0.2, 0.25) is 0 Å². The molecule has 1 saturated heterocycles. The summed E-state index contributed by atoms with van der Waals surface area (Å²) in [7, 11) is 0. The van der Waals surface area contributed by atoms with E-state index < -0.39 is 6.10 Å². The molecule has 0 saturated carbocycles. The van der Waals surface area contributed by atoms with Gasteiger partial charge in [0.05, 0.1) is 17.3 Å². The Morgan fingerprint density at radius 2 is 2.03 bits per heavy atom. The first-order chi connectivity index (χ1) is 15.0. The van der Waals surface area contributed by atoms with Crippen molar-refractivity contribution in [3.8, 4) is 0 Å². The number of benzene rings is 1. The molecule has 1 fully saturated rings. The Morgan fingerprint density at radius 1 is 1.26 bits per heavy atom. The number of fused-ring (bicyclic) bond motifs is 2. The average Bonchev–Trinajstić information content (AvgIpc) is 3.09. The third kappa shape index (κ3) is 3.74. The lowest BCUT2D eigenvalue weighted by atomic mass is 9.74. The topological polar surface area (TPSA) is 60.7 Å². The lowest BCUT2D eigenvalue weighted by Crippen LogP contribution is -2.47. The van der Waals surface area contributed by atoms with E-state index in [1.54, 1.807) is 4.90 Å². The molecule has 2 heterocycles. The van der Waals surface area contributed by atoms with E-state index in [0.717, 1.165) is 37.1 Å². The molecule has 170 valence electrons. The van der Waals surface area contributed by atoms with E-state index in [1.807, 2.05) is 25.4 Å². The van der Waals surface area contributed by atoms with E-state index >= 15 is 0 Å². The standard InChI is InChI=1S/C25H38N4O2/c1-5-14-28-15-10-12-17-18-11-9-13-20-23(18)19(16-21(17)28)24(22(30)6-2)29(20)26-25(31)27(7-3)8-4/h9,11,13,17,21-22,30H,5-8,10,12,14-16H2,1-4H3,(H,26,31)/t17-,21-,22?/m1/s1. The van der Waals surface area contributed by atoms with Gasteiger partial charge in [0.25, 0.3) is 0 Å². The number of carbonyl (C=O) groups excluding carboxylic acids is 1. The molecule has 0 spiro atoms. The summed E-state index contributed by atoms with van der Waals surface area (Å²) in [5, 5.41) is 12.3. The second-order valence-electron chi connectivity index (χ2n) is 9.01. The Balaban J connectivity index is 1.86. The van der Waals surface area contributed by atoms with Gasteiger partial charge >= 0.3 is 6.03 Å². The number of aliphatic hydroxyl groups excluding tert-OH is 1. The normalized spacial score (nSPS) is 21.7. The van der Waals surface area contributed by atoms with Gasteiger partial charge < -0.3 is 10.0 Å². The van der Waals surface area contributed by atoms with Crippen molar-refractivity contribution in [2.75, 3.05) is 31.6 Å². The van der Waals surface area contributed by atoms with Crippen molar-refractivity contribution in [1.82, 2.24) is 14.5 Å². The predicted octanol–water partition coefficient (Wildman–Crippen LogP) is 4.60. The summed E-state index contributed by atoms with van der Waals surface area (Å²) in [6.07, 6.45) is 4.56. The van der Waals surface area contributed by atoms with Crippen LogP contribution in [0.15, 0.2) is 18.2 Å². The van der Waals surface area contributed by atoms with Gasteiger partial charge in [-0.1, -0.05) is 26.0 Å². The predicted molar refractivity (Wildman–Crippen MR) is 126 cm³/mol. The average molecular weight is 427 g/mol. The highest BCUT2D eigenvalue weighted by molar-refractivity contribution is 5.93. The van der Waals surface area contributed by atoms with Crippen molar-refractivity contribution in [2.45, 2.75) is 77.9 Å². The summed E-state index contributed by atoms with van der Waals surface area (Å²) >= 11 is 0. The molecule has 6 heteroatoms. The molecule has 0 radical (unpaired) electrons. The minimum absolute atomic E-state index is 0.118. The molecule has 1 aromatic carbocycles. The molecule has 3 atom stereocenters. The molecule has 2 aliphatic rings. The number of aliphatic hydroxyl groups is 1. The SMILES string of the molecule is CCCN1CCC[C@@H]2c3cccc4c3c(c(C(O)CC)n4NC(=O)N(CC)CC)C[C@H]21. The fourth-order valence-corrected chi connectivity index (χ4v) is 5.86. The molecule has 1 unspecified atom stereocenters. The summed E-state index contributed by atoms with van der Waals surface area (Å²) in [4.78, 5) is 17.4. The quantitative estimate of drug-likeness (QED) is 0.680. The number of urea groups is 1. The number of hydrogen-bond donors (Lipinski definition) is 2. The smallest absolute Gasteiger partial charge is 0.336 e. The minimum Gasteiger partial charge on any atom is -0.387 e. The fourth-order valence-electron chi connectivity index (χ4n) is 5.86. The third-order valence-corrected chi connectivity index (χ3v) is 7.35. The second-order valence-corrected chi connectivity index (χ2v) is 9.01. The number of hydrogen-bond acceptors (Lipinski definition) is 3. The van der Waals surface area contributed by atoms with Crippen molar-refractivity contribution in [1.29, 1.82) is 0 Å². The van der Waals surface area contributed by atoms with Gasteiger partial charge in [0.15, 0.2) is 0 Å². The molecular formula is C25H38N4O2. The van der Waals surface area contributed by atoms with Crippen molar-refractivity contribution < 1.29 is 9.90 Å². The van der Waals surface area contributed by atoms with Crippen LogP contribution >= 0.6 is 0 Å². The Kier molecular flexibility index (Phi) is 6.58. The van der Waals surface area contributed by atoms with Crippen LogP contribution in [-0.2, 0) is 6.42 Å². The summed E-state index contributed by atoms with van der Waals surface area (Å²) in [6.45, 7) is 11.8. The molecule has 1 aromatic heterocycles. The monoisotopic (exact) mass is 426 g/mol. The summed E-state index contributed by atoms with van der Waals surface area (Å²) in [5.41, 5.74) is 7.63. The highest BCUT2D eigenvalue weighted by Gasteiger charge is 2.40. The number of likely N-dealkylation sites (tertiary alicyclic amines) is 1. The molecule has 2 N–H and O–H groups in total. The summed E-state index contributed by atoms with van der Waals surface area (Å²) in [5.74, 6) is 0.525. The van der Waals surface area contributed by atoms with Crippen LogP contribution in [0.5, 0.6) is 0 Å². The van der Waals surface area contributed by atoms with Gasteiger partial charge in [-0.05, 0) is 76.2 Å². The van der Waals surface area contributed by atoms with E-state index in [0.29, 0.717) is 31.5 Å². The number of carbonyl (C=O) groups is 1. The molecule has 1 aliphatic heterocycles. The number of rotatable bonds is 7. The van der Waals surface area contributed by atoms with Crippen LogP contribution in [-0.4, -0.2) is 57.8 Å². The van der Waals surface area contributed by atoms with Gasteiger partial charge in [0.2, 0.25) is 0 Å². The van der Waals surface area contributed by atoms with Gasteiger partial charge in [-0.2, -0.15) is 0 Å². The number of piperidine rings is 1. The number of amides is 2. The summed E-state index contributed by atoms with van der Waals surface area (Å²) < 4.78 is 1.89. The molecule has 1 aliphatic carbocycles. The van der Waals surface area contributed by atoms with Crippen LogP contribution in [0.3, 0.4) is 0 Å². The molecule has 2 aromatic rings. The Hall–Kier alpha value is -2.05. The van der Waals surface area contributed by atoms with E-state index in [4.69, 9.17) is 0 Å². The molecule has 4 rings (SSSR count). The van der Waals surface area contributed by atoms with Gasteiger partial charge in [0.1, 0.15) is 0 Å². The van der Waals surface area contributed by atoms with E-state index in [2.05, 4.69) is 35.4 Å². The lowest BCUT2D eigenvalue weighted by molar-refractivity contribution is 0.122. The lowest BCUT2D eigenvalue weighted by Gasteiger charge is -2.44. The second kappa shape index (κ2) is 9.21. The fraction of sp³-hybridized carbons (Fsp3) is 0.640. The Labute approximate surface area is 186 Å². The minimum atomic E-state index is -0.605. The Bertz CT molecular complexity index is 931. The van der Waals surface area contributed by atoms with Crippen molar-refractivity contribution in [3.63, 3.8) is 0 Å². The van der Waals surface area contributed by atoms with Crippen LogP contribution in [0.4, 0.5) is 4.79 Å². The van der Waals surface area contributed by atoms with Gasteiger partial charge in [-0.3, -0.25) is 9.58 Å². The maximum atomic E-state index is 13.0. The summed E-state index contributed by atoms with van der Waals surface area (Å²) in [6, 6.07) is 6.84. The van der Waals surface area contributed by atoms with Crippen molar-refractivity contribution in [2.24, 2.45) is 0 Å². The number of nitrogens with zero attached hydrogens (tertiary/aromatic N) is 3. The molecular weight excluding hydrogens is 388 g/mol. The molecule has 2 amide bonds. The molecule has 31 heavy (non-hydrogen) atoms. The van der Waals surface area contributed by atoms with Crippen LogP contribution in [0, 0.1) is 0 Å².